The van der Waals surface area contributed by atoms with Crippen molar-refractivity contribution in [3.8, 4) is 83.6 Å². The van der Waals surface area contributed by atoms with E-state index in [1.54, 1.807) is 0 Å². The molecule has 0 amide bonds. The van der Waals surface area contributed by atoms with Crippen LogP contribution in [0, 0.1) is 0 Å². The summed E-state index contributed by atoms with van der Waals surface area (Å²) in [5, 5.41) is 2.44. The van der Waals surface area contributed by atoms with Crippen LogP contribution in [-0.2, 0) is 5.41 Å². The van der Waals surface area contributed by atoms with Crippen LogP contribution in [0.1, 0.15) is 26.3 Å². The smallest absolute Gasteiger partial charge is 0.252 e. The Labute approximate surface area is 539 Å². The molecule has 0 N–H and O–H groups in total. The SMILES string of the molecule is CC(C)(C)c1ccc2c(c1)c1cccc(-c3ccccc3)c1n2-c1cc2c3c(c1)N(c1c(-c4ccccc4)cccc1-c1ccccc1)c1ccc(-c4ccccc4)cc1B3c1cc(-c3ccccc3)ccc1N2c1c(-c2ccccc2)cccc1-c1ccccc1. The molecule has 0 spiro atoms. The average molecular weight is 1170 g/mol. The number of nitrogens with zero attached hydrogens (tertiary/aromatic N) is 3. The summed E-state index contributed by atoms with van der Waals surface area (Å²) >= 11 is 0. The lowest BCUT2D eigenvalue weighted by Gasteiger charge is -2.46. The molecule has 14 aromatic carbocycles. The number of anilines is 6. The van der Waals surface area contributed by atoms with Gasteiger partial charge >= 0.3 is 0 Å². The Hall–Kier alpha value is -11.5. The number of rotatable bonds is 10. The van der Waals surface area contributed by atoms with E-state index in [1.807, 2.05) is 0 Å². The summed E-state index contributed by atoms with van der Waals surface area (Å²) in [5.74, 6) is 0. The van der Waals surface area contributed by atoms with Crippen molar-refractivity contribution >= 4 is 79.0 Å². The van der Waals surface area contributed by atoms with E-state index in [2.05, 4.69) is 369 Å². The number of aromatic nitrogens is 1. The third kappa shape index (κ3) is 9.12. The topological polar surface area (TPSA) is 11.4 Å². The van der Waals surface area contributed by atoms with Crippen molar-refractivity contribution in [1.82, 2.24) is 4.57 Å². The van der Waals surface area contributed by atoms with Gasteiger partial charge in [-0.05, 0) is 114 Å². The van der Waals surface area contributed by atoms with Crippen molar-refractivity contribution < 1.29 is 0 Å². The van der Waals surface area contributed by atoms with Crippen LogP contribution in [0.25, 0.3) is 105 Å². The van der Waals surface area contributed by atoms with E-state index < -0.39 is 0 Å². The maximum absolute atomic E-state index is 2.67. The largest absolute Gasteiger partial charge is 0.310 e. The Bertz CT molecular complexity index is 4930. The van der Waals surface area contributed by atoms with Gasteiger partial charge in [0.25, 0.3) is 6.71 Å². The molecular weight excluding hydrogens is 1110 g/mol. The van der Waals surface area contributed by atoms with Crippen LogP contribution in [0.15, 0.2) is 334 Å². The molecule has 0 saturated heterocycles. The maximum Gasteiger partial charge on any atom is 0.252 e. The van der Waals surface area contributed by atoms with Crippen LogP contribution < -0.4 is 26.2 Å². The molecule has 92 heavy (non-hydrogen) atoms. The molecule has 1 aromatic heterocycles. The molecule has 2 aliphatic rings. The van der Waals surface area contributed by atoms with Crippen LogP contribution >= 0.6 is 0 Å². The van der Waals surface area contributed by atoms with Gasteiger partial charge in [0, 0.05) is 61.3 Å². The molecule has 0 aliphatic carbocycles. The van der Waals surface area contributed by atoms with E-state index in [1.165, 1.54) is 71.6 Å². The highest BCUT2D eigenvalue weighted by molar-refractivity contribution is 7.00. The van der Waals surface area contributed by atoms with Gasteiger partial charge in [0.1, 0.15) is 0 Å². The van der Waals surface area contributed by atoms with E-state index in [0.29, 0.717) is 0 Å². The van der Waals surface area contributed by atoms with Crippen molar-refractivity contribution in [2.75, 3.05) is 9.80 Å². The zero-order chi connectivity index (χ0) is 61.4. The summed E-state index contributed by atoms with van der Waals surface area (Å²) in [6.45, 7) is 6.74. The molecule has 2 aliphatic heterocycles. The monoisotopic (exact) mass is 1170 g/mol. The number of fused-ring (bicyclic) bond motifs is 7. The molecule has 17 rings (SSSR count). The molecule has 434 valence electrons. The van der Waals surface area contributed by atoms with Crippen molar-refractivity contribution in [1.29, 1.82) is 0 Å². The highest BCUT2D eigenvalue weighted by Crippen LogP contribution is 2.54. The highest BCUT2D eigenvalue weighted by atomic mass is 15.2. The van der Waals surface area contributed by atoms with Gasteiger partial charge < -0.3 is 14.4 Å². The standard InChI is InChI=1S/C88H64BN3/c1-88(2,3)68-50-53-79-76(56-68)75-47-27-46-74(65-40-23-10-24-41-65)87(75)90(79)69-57-82-84-83(58-69)92(86-72(63-36-19-8-20-37-63)44-26-45-73(86)64-38-21-9-22-39-64)81-52-49-67(60-30-13-5-14-31-60)55-78(81)89(84)77-54-66(59-28-11-4-12-29-59)48-51-80(77)91(82)85-70(61-32-15-6-16-33-61)42-25-43-71(85)62-34-17-7-18-35-62/h4-58H,1-3H3. The molecule has 15 aromatic rings. The second-order valence-electron chi connectivity index (χ2n) is 25.5. The molecule has 3 nitrogen and oxygen atoms in total. The summed E-state index contributed by atoms with van der Waals surface area (Å²) in [4.78, 5) is 5.34. The fourth-order valence-corrected chi connectivity index (χ4v) is 14.8. The van der Waals surface area contributed by atoms with Crippen molar-refractivity contribution in [3.63, 3.8) is 0 Å². The number of hydrogen-bond acceptors (Lipinski definition) is 2. The first kappa shape index (κ1) is 54.7. The maximum atomic E-state index is 2.67. The van der Waals surface area contributed by atoms with Crippen molar-refractivity contribution in [2.45, 2.75) is 26.2 Å². The van der Waals surface area contributed by atoms with Gasteiger partial charge in [0.2, 0.25) is 0 Å². The van der Waals surface area contributed by atoms with E-state index in [-0.39, 0.29) is 12.1 Å². The minimum absolute atomic E-state index is 0.0849. The lowest BCUT2D eigenvalue weighted by Crippen LogP contribution is -2.61. The van der Waals surface area contributed by atoms with Gasteiger partial charge in [-0.1, -0.05) is 318 Å². The Kier molecular flexibility index (Phi) is 13.2. The van der Waals surface area contributed by atoms with Crippen molar-refractivity contribution in [2.24, 2.45) is 0 Å². The Morgan fingerprint density at radius 3 is 1.02 bits per heavy atom. The zero-order valence-electron chi connectivity index (χ0n) is 51.7. The predicted octanol–water partition coefficient (Wildman–Crippen LogP) is 21.8. The van der Waals surface area contributed by atoms with Gasteiger partial charge in [-0.15, -0.1) is 0 Å². The average Bonchev–Trinajstić information content (AvgIpc) is 0.780. The Morgan fingerprint density at radius 1 is 0.272 bits per heavy atom. The lowest BCUT2D eigenvalue weighted by molar-refractivity contribution is 0.591. The first-order valence-corrected chi connectivity index (χ1v) is 32.1. The van der Waals surface area contributed by atoms with Gasteiger partial charge in [-0.2, -0.15) is 0 Å². The van der Waals surface area contributed by atoms with Crippen LogP contribution in [0.4, 0.5) is 34.1 Å². The van der Waals surface area contributed by atoms with Gasteiger partial charge in [0.15, 0.2) is 0 Å². The highest BCUT2D eigenvalue weighted by Gasteiger charge is 2.46. The molecule has 0 fully saturated rings. The van der Waals surface area contributed by atoms with E-state index in [0.717, 1.165) is 89.8 Å². The third-order valence-electron chi connectivity index (χ3n) is 19.1. The van der Waals surface area contributed by atoms with Crippen molar-refractivity contribution in [3.05, 3.63) is 339 Å². The van der Waals surface area contributed by atoms with Gasteiger partial charge in [0.05, 0.1) is 28.1 Å². The van der Waals surface area contributed by atoms with E-state index in [9.17, 15) is 0 Å². The molecule has 3 heterocycles. The Balaban J connectivity index is 1.09. The minimum atomic E-state index is -0.237. The lowest BCUT2D eigenvalue weighted by atomic mass is 9.33. The molecular formula is C88H64BN3. The first-order chi connectivity index (χ1) is 45.3. The quantitative estimate of drug-likeness (QED) is 0.126. The normalized spacial score (nSPS) is 12.4. The summed E-state index contributed by atoms with van der Waals surface area (Å²) in [6, 6.07) is 125. The summed E-state index contributed by atoms with van der Waals surface area (Å²) in [6.07, 6.45) is 0. The molecule has 0 bridgehead atoms. The first-order valence-electron chi connectivity index (χ1n) is 32.1. The molecule has 4 heteroatoms. The molecule has 0 radical (unpaired) electrons. The molecule has 0 atom stereocenters. The predicted molar refractivity (Wildman–Crippen MR) is 392 cm³/mol. The van der Waals surface area contributed by atoms with Gasteiger partial charge in [-0.3, -0.25) is 0 Å². The van der Waals surface area contributed by atoms with E-state index >= 15 is 0 Å². The number of hydrogen-bond donors (Lipinski definition) is 0. The number of benzene rings is 14. The summed E-state index contributed by atoms with van der Waals surface area (Å²) < 4.78 is 2.60. The second-order valence-corrected chi connectivity index (χ2v) is 25.5. The third-order valence-corrected chi connectivity index (χ3v) is 19.1. The Morgan fingerprint density at radius 2 is 0.630 bits per heavy atom. The van der Waals surface area contributed by atoms with Gasteiger partial charge in [-0.25, -0.2) is 0 Å². The van der Waals surface area contributed by atoms with Crippen LogP contribution in [0.3, 0.4) is 0 Å². The zero-order valence-corrected chi connectivity index (χ0v) is 51.7. The molecule has 0 unspecified atom stereocenters. The van der Waals surface area contributed by atoms with Crippen LogP contribution in [0.2, 0.25) is 0 Å². The summed E-state index contributed by atoms with van der Waals surface area (Å²) in [7, 11) is 0. The fourth-order valence-electron chi connectivity index (χ4n) is 14.8. The second kappa shape index (κ2) is 22.2. The van der Waals surface area contributed by atoms with E-state index in [4.69, 9.17) is 0 Å². The summed E-state index contributed by atoms with van der Waals surface area (Å²) in [5.41, 5.74) is 31.2. The number of para-hydroxylation sites is 3. The van der Waals surface area contributed by atoms with Crippen LogP contribution in [0.5, 0.6) is 0 Å². The fraction of sp³-hybridized carbons (Fsp3) is 0.0455. The molecule has 0 saturated carbocycles. The minimum Gasteiger partial charge on any atom is -0.310 e. The van der Waals surface area contributed by atoms with Crippen LogP contribution in [-0.4, -0.2) is 11.3 Å².